The summed E-state index contributed by atoms with van der Waals surface area (Å²) in [6.07, 6.45) is 2.75. The van der Waals surface area contributed by atoms with E-state index in [1.807, 2.05) is 25.1 Å². The number of benzene rings is 2. The highest BCUT2D eigenvalue weighted by Gasteiger charge is 2.06. The van der Waals surface area contributed by atoms with Crippen LogP contribution in [0.5, 0.6) is 5.75 Å². The van der Waals surface area contributed by atoms with Gasteiger partial charge in [-0.1, -0.05) is 18.5 Å². The van der Waals surface area contributed by atoms with Gasteiger partial charge in [0.25, 0.3) is 0 Å². The lowest BCUT2D eigenvalue weighted by molar-refractivity contribution is 0.0601. The summed E-state index contributed by atoms with van der Waals surface area (Å²) in [4.78, 5) is 15.8. The number of carbonyl (C=O) groups excluding carboxylic acids is 1. The molecule has 0 heterocycles. The fourth-order valence-electron chi connectivity index (χ4n) is 1.94. The number of hydrogen-bond acceptors (Lipinski definition) is 4. The van der Waals surface area contributed by atoms with E-state index in [0.717, 1.165) is 17.7 Å². The number of nitrogens with zero attached hydrogens (tertiary/aromatic N) is 1. The summed E-state index contributed by atoms with van der Waals surface area (Å²) >= 11 is 6.25. The molecule has 0 bridgehead atoms. The van der Waals surface area contributed by atoms with E-state index in [1.54, 1.807) is 30.5 Å². The molecule has 0 unspecified atom stereocenters. The summed E-state index contributed by atoms with van der Waals surface area (Å²) in [5, 5.41) is 0.556. The molecule has 0 aliphatic heterocycles. The molecule has 5 heteroatoms. The van der Waals surface area contributed by atoms with Gasteiger partial charge in [-0.25, -0.2) is 4.79 Å². The quantitative estimate of drug-likeness (QED) is 0.543. The van der Waals surface area contributed by atoms with Crippen LogP contribution >= 0.6 is 11.6 Å². The van der Waals surface area contributed by atoms with Crippen LogP contribution in [0.15, 0.2) is 47.5 Å². The molecule has 0 radical (unpaired) electrons. The van der Waals surface area contributed by atoms with Crippen molar-refractivity contribution >= 4 is 29.5 Å². The predicted octanol–water partition coefficient (Wildman–Crippen LogP) is 5.05. The van der Waals surface area contributed by atoms with Gasteiger partial charge >= 0.3 is 5.97 Å². The zero-order valence-corrected chi connectivity index (χ0v) is 14.7. The normalized spacial score (nSPS) is 12.2. The number of esters is 1. The SMILES string of the molecule is CC[C@@H](C)Oc1ccc(C=Nc2ccc(C(=O)OC)cc2)cc1Cl. The maximum absolute atomic E-state index is 11.4. The van der Waals surface area contributed by atoms with Gasteiger partial charge in [-0.3, -0.25) is 4.99 Å². The minimum atomic E-state index is -0.366. The fourth-order valence-corrected chi connectivity index (χ4v) is 2.18. The third-order valence-electron chi connectivity index (χ3n) is 3.51. The second kappa shape index (κ2) is 8.50. The van der Waals surface area contributed by atoms with E-state index in [9.17, 15) is 4.79 Å². The van der Waals surface area contributed by atoms with Crippen LogP contribution in [-0.4, -0.2) is 25.4 Å². The smallest absolute Gasteiger partial charge is 0.337 e. The van der Waals surface area contributed by atoms with Gasteiger partial charge in [0, 0.05) is 6.21 Å². The zero-order chi connectivity index (χ0) is 17.5. The van der Waals surface area contributed by atoms with Crippen molar-refractivity contribution in [3.05, 3.63) is 58.6 Å². The number of rotatable bonds is 6. The third-order valence-corrected chi connectivity index (χ3v) is 3.81. The number of hydrogen-bond donors (Lipinski definition) is 0. The molecular weight excluding hydrogens is 326 g/mol. The van der Waals surface area contributed by atoms with E-state index in [0.29, 0.717) is 16.3 Å². The van der Waals surface area contributed by atoms with Gasteiger partial charge in [0.15, 0.2) is 0 Å². The van der Waals surface area contributed by atoms with Crippen LogP contribution in [0, 0.1) is 0 Å². The van der Waals surface area contributed by atoms with Crippen molar-refractivity contribution in [2.75, 3.05) is 7.11 Å². The molecule has 126 valence electrons. The van der Waals surface area contributed by atoms with Crippen molar-refractivity contribution in [2.45, 2.75) is 26.4 Å². The van der Waals surface area contributed by atoms with E-state index in [4.69, 9.17) is 16.3 Å². The second-order valence-electron chi connectivity index (χ2n) is 5.32. The first-order valence-corrected chi connectivity index (χ1v) is 8.10. The molecule has 0 saturated carbocycles. The molecular formula is C19H20ClNO3. The van der Waals surface area contributed by atoms with E-state index in [2.05, 4.69) is 16.7 Å². The average Bonchev–Trinajstić information content (AvgIpc) is 2.61. The molecule has 0 aliphatic carbocycles. The fraction of sp³-hybridized carbons (Fsp3) is 0.263. The highest BCUT2D eigenvalue weighted by atomic mass is 35.5. The van der Waals surface area contributed by atoms with Crippen molar-refractivity contribution in [3.8, 4) is 5.75 Å². The van der Waals surface area contributed by atoms with E-state index >= 15 is 0 Å². The Morgan fingerprint density at radius 2 is 1.96 bits per heavy atom. The van der Waals surface area contributed by atoms with Crippen LogP contribution < -0.4 is 4.74 Å². The molecule has 0 amide bonds. The van der Waals surface area contributed by atoms with Crippen molar-refractivity contribution < 1.29 is 14.3 Å². The molecule has 2 aromatic rings. The topological polar surface area (TPSA) is 47.9 Å². The summed E-state index contributed by atoms with van der Waals surface area (Å²) in [5.74, 6) is 0.305. The lowest BCUT2D eigenvalue weighted by Gasteiger charge is -2.13. The molecule has 2 aromatic carbocycles. The lowest BCUT2D eigenvalue weighted by atomic mass is 10.2. The number of methoxy groups -OCH3 is 1. The minimum absolute atomic E-state index is 0.121. The monoisotopic (exact) mass is 345 g/mol. The molecule has 24 heavy (non-hydrogen) atoms. The Kier molecular flexibility index (Phi) is 6.38. The minimum Gasteiger partial charge on any atom is -0.489 e. The number of halogens is 1. The van der Waals surface area contributed by atoms with Crippen molar-refractivity contribution in [2.24, 2.45) is 4.99 Å². The maximum Gasteiger partial charge on any atom is 0.337 e. The first-order chi connectivity index (χ1) is 11.5. The molecule has 0 aromatic heterocycles. The lowest BCUT2D eigenvalue weighted by Crippen LogP contribution is -2.09. The van der Waals surface area contributed by atoms with Crippen molar-refractivity contribution in [1.29, 1.82) is 0 Å². The van der Waals surface area contributed by atoms with Crippen molar-refractivity contribution in [3.63, 3.8) is 0 Å². The summed E-state index contributed by atoms with van der Waals surface area (Å²) < 4.78 is 10.4. The molecule has 2 rings (SSSR count). The number of ether oxygens (including phenoxy) is 2. The largest absolute Gasteiger partial charge is 0.489 e. The van der Waals surface area contributed by atoms with E-state index in [-0.39, 0.29) is 12.1 Å². The van der Waals surface area contributed by atoms with Crippen LogP contribution in [0.1, 0.15) is 36.2 Å². The van der Waals surface area contributed by atoms with Crippen LogP contribution in [0.4, 0.5) is 5.69 Å². The molecule has 0 N–H and O–H groups in total. The Labute approximate surface area is 147 Å². The predicted molar refractivity (Wildman–Crippen MR) is 96.9 cm³/mol. The van der Waals surface area contributed by atoms with Crippen LogP contribution in [0.2, 0.25) is 5.02 Å². The average molecular weight is 346 g/mol. The summed E-state index contributed by atoms with van der Waals surface area (Å²) in [6.45, 7) is 4.06. The van der Waals surface area contributed by atoms with Crippen LogP contribution in [-0.2, 0) is 4.74 Å². The summed E-state index contributed by atoms with van der Waals surface area (Å²) in [7, 11) is 1.35. The Bertz CT molecular complexity index is 726. The summed E-state index contributed by atoms with van der Waals surface area (Å²) in [6, 6.07) is 12.4. The highest BCUT2D eigenvalue weighted by Crippen LogP contribution is 2.26. The second-order valence-corrected chi connectivity index (χ2v) is 5.73. The Morgan fingerprint density at radius 1 is 1.25 bits per heavy atom. The molecule has 0 saturated heterocycles. The van der Waals surface area contributed by atoms with E-state index in [1.165, 1.54) is 7.11 Å². The van der Waals surface area contributed by atoms with Gasteiger partial charge in [0.1, 0.15) is 5.75 Å². The van der Waals surface area contributed by atoms with Gasteiger partial charge in [-0.15, -0.1) is 0 Å². The van der Waals surface area contributed by atoms with Crippen molar-refractivity contribution in [1.82, 2.24) is 0 Å². The third kappa shape index (κ3) is 4.83. The molecule has 4 nitrogen and oxygen atoms in total. The highest BCUT2D eigenvalue weighted by molar-refractivity contribution is 6.32. The Hall–Kier alpha value is -2.33. The van der Waals surface area contributed by atoms with E-state index < -0.39 is 0 Å². The Balaban J connectivity index is 2.09. The van der Waals surface area contributed by atoms with Crippen LogP contribution in [0.25, 0.3) is 0 Å². The van der Waals surface area contributed by atoms with Crippen LogP contribution in [0.3, 0.4) is 0 Å². The zero-order valence-electron chi connectivity index (χ0n) is 14.0. The van der Waals surface area contributed by atoms with Gasteiger partial charge in [0.2, 0.25) is 0 Å². The molecule has 1 atom stereocenters. The summed E-state index contributed by atoms with van der Waals surface area (Å²) in [5.41, 5.74) is 2.10. The first-order valence-electron chi connectivity index (χ1n) is 7.72. The molecule has 0 aliphatic rings. The van der Waals surface area contributed by atoms with Gasteiger partial charge < -0.3 is 9.47 Å². The molecule has 0 spiro atoms. The Morgan fingerprint density at radius 3 is 2.54 bits per heavy atom. The standard InChI is InChI=1S/C19H20ClNO3/c1-4-13(2)24-18-10-5-14(11-17(18)20)12-21-16-8-6-15(7-9-16)19(22)23-3/h5-13H,4H2,1-3H3/t13-/m1/s1. The number of aliphatic imine (C=N–C) groups is 1. The molecule has 0 fully saturated rings. The van der Waals surface area contributed by atoms with Gasteiger partial charge in [0.05, 0.1) is 29.5 Å². The first kappa shape index (κ1) is 18.0. The van der Waals surface area contributed by atoms with Gasteiger partial charge in [-0.2, -0.15) is 0 Å². The number of carbonyl (C=O) groups is 1. The van der Waals surface area contributed by atoms with Gasteiger partial charge in [-0.05, 0) is 61.4 Å². The maximum atomic E-state index is 11.4.